The summed E-state index contributed by atoms with van der Waals surface area (Å²) in [6, 6.07) is 10.8. The number of benzene rings is 1. The van der Waals surface area contributed by atoms with Gasteiger partial charge < -0.3 is 10.6 Å². The van der Waals surface area contributed by atoms with Gasteiger partial charge in [-0.05, 0) is 38.0 Å². The van der Waals surface area contributed by atoms with Gasteiger partial charge in [-0.2, -0.15) is 17.0 Å². The number of carbonyl (C=O) groups excluding carboxylic acids is 1. The number of alkyl halides is 1. The number of thioether (sulfide) groups is 1. The molecule has 0 aromatic heterocycles. The first-order valence-electron chi connectivity index (χ1n) is 8.63. The molecule has 1 unspecified atom stereocenters. The maximum absolute atomic E-state index is 13.5. The highest BCUT2D eigenvalue weighted by atomic mass is 32.2. The highest BCUT2D eigenvalue weighted by molar-refractivity contribution is 8.00. The average molecular weight is 364 g/mol. The van der Waals surface area contributed by atoms with E-state index in [2.05, 4.69) is 12.1 Å². The van der Waals surface area contributed by atoms with E-state index in [0.717, 1.165) is 18.6 Å². The molecule has 1 aliphatic rings. The van der Waals surface area contributed by atoms with Crippen LogP contribution in [0.15, 0.2) is 30.3 Å². The van der Waals surface area contributed by atoms with E-state index in [1.165, 1.54) is 10.5 Å². The number of aryl methyl sites for hydroxylation is 1. The number of likely N-dealkylation sites (tertiary alicyclic amines) is 1. The predicted octanol–water partition coefficient (Wildman–Crippen LogP) is 2.92. The van der Waals surface area contributed by atoms with Gasteiger partial charge in [-0.1, -0.05) is 30.3 Å². The summed E-state index contributed by atoms with van der Waals surface area (Å²) in [4.78, 5) is 13.9. The van der Waals surface area contributed by atoms with Crippen LogP contribution in [-0.2, 0) is 11.2 Å². The van der Waals surface area contributed by atoms with Gasteiger partial charge in [-0.15, -0.1) is 0 Å². The van der Waals surface area contributed by atoms with E-state index >= 15 is 0 Å². The molecule has 0 spiro atoms. The fourth-order valence-corrected chi connectivity index (χ4v) is 4.07. The Hall–Kier alpha value is -1.58. The molecule has 3 atom stereocenters. The van der Waals surface area contributed by atoms with Crippen molar-refractivity contribution in [3.63, 3.8) is 0 Å². The minimum Gasteiger partial charge on any atom is -0.322 e. The molecule has 1 heterocycles. The molecule has 0 radical (unpaired) electrons. The molecule has 1 amide bonds. The molecule has 1 saturated heterocycles. The molecule has 0 aliphatic carbocycles. The van der Waals surface area contributed by atoms with Crippen LogP contribution in [0, 0.1) is 11.3 Å². The fourth-order valence-electron chi connectivity index (χ4n) is 2.97. The van der Waals surface area contributed by atoms with Gasteiger partial charge >= 0.3 is 0 Å². The van der Waals surface area contributed by atoms with E-state index in [-0.39, 0.29) is 18.9 Å². The number of nitriles is 1. The zero-order chi connectivity index (χ0) is 18.4. The molecule has 6 heteroatoms. The van der Waals surface area contributed by atoms with Crippen LogP contribution in [-0.4, -0.2) is 46.1 Å². The van der Waals surface area contributed by atoms with Crippen molar-refractivity contribution in [3.05, 3.63) is 35.9 Å². The molecule has 1 aliphatic heterocycles. The Morgan fingerprint density at radius 3 is 2.80 bits per heavy atom. The van der Waals surface area contributed by atoms with Gasteiger partial charge in [0.1, 0.15) is 12.2 Å². The monoisotopic (exact) mass is 363 g/mol. The lowest BCUT2D eigenvalue weighted by Crippen LogP contribution is -2.54. The lowest BCUT2D eigenvalue weighted by molar-refractivity contribution is -0.133. The number of amides is 1. The molecule has 1 fully saturated rings. The summed E-state index contributed by atoms with van der Waals surface area (Å²) < 4.78 is 13.1. The third-order valence-corrected chi connectivity index (χ3v) is 6.11. The van der Waals surface area contributed by atoms with E-state index in [9.17, 15) is 9.18 Å². The molecule has 25 heavy (non-hydrogen) atoms. The summed E-state index contributed by atoms with van der Waals surface area (Å²) in [6.45, 7) is 3.85. The second-order valence-electron chi connectivity index (χ2n) is 6.99. The lowest BCUT2D eigenvalue weighted by Gasteiger charge is -2.33. The van der Waals surface area contributed by atoms with E-state index in [4.69, 9.17) is 11.0 Å². The van der Waals surface area contributed by atoms with Gasteiger partial charge in [-0.25, -0.2) is 4.39 Å². The van der Waals surface area contributed by atoms with Crippen LogP contribution in [0.1, 0.15) is 32.3 Å². The fraction of sp³-hybridized carbons (Fsp3) is 0.579. The Morgan fingerprint density at radius 1 is 1.48 bits per heavy atom. The molecule has 0 bridgehead atoms. The summed E-state index contributed by atoms with van der Waals surface area (Å²) in [5.74, 6) is 0.559. The first-order valence-corrected chi connectivity index (χ1v) is 9.61. The minimum atomic E-state index is -1.14. The first kappa shape index (κ1) is 19.7. The molecule has 0 saturated carbocycles. The highest BCUT2D eigenvalue weighted by Gasteiger charge is 2.41. The Balaban J connectivity index is 1.85. The van der Waals surface area contributed by atoms with Crippen LogP contribution in [0.25, 0.3) is 0 Å². The van der Waals surface area contributed by atoms with Crippen LogP contribution in [0.3, 0.4) is 0 Å². The maximum Gasteiger partial charge on any atom is 0.242 e. The van der Waals surface area contributed by atoms with Crippen LogP contribution >= 0.6 is 11.8 Å². The summed E-state index contributed by atoms with van der Waals surface area (Å²) >= 11 is 1.65. The molecule has 4 nitrogen and oxygen atoms in total. The maximum atomic E-state index is 13.5. The van der Waals surface area contributed by atoms with Gasteiger partial charge in [-0.3, -0.25) is 4.79 Å². The number of hydrogen-bond donors (Lipinski definition) is 1. The second kappa shape index (κ2) is 8.68. The minimum absolute atomic E-state index is 0.0283. The number of hydrogen-bond acceptors (Lipinski definition) is 4. The van der Waals surface area contributed by atoms with Crippen LogP contribution in [0.4, 0.5) is 4.39 Å². The van der Waals surface area contributed by atoms with E-state index in [1.807, 2.05) is 38.1 Å². The van der Waals surface area contributed by atoms with Gasteiger partial charge in [0.25, 0.3) is 0 Å². The summed E-state index contributed by atoms with van der Waals surface area (Å²) in [6.07, 6.45) is 0.928. The van der Waals surface area contributed by atoms with Gasteiger partial charge in [0.15, 0.2) is 0 Å². The van der Waals surface area contributed by atoms with Gasteiger partial charge in [0.2, 0.25) is 5.91 Å². The lowest BCUT2D eigenvalue weighted by atomic mass is 10.0. The third-order valence-electron chi connectivity index (χ3n) is 4.62. The number of carbonyl (C=O) groups is 1. The normalized spacial score (nSPS) is 21.8. The van der Waals surface area contributed by atoms with E-state index in [0.29, 0.717) is 0 Å². The molecule has 1 aromatic rings. The van der Waals surface area contributed by atoms with E-state index in [1.54, 1.807) is 11.8 Å². The Labute approximate surface area is 153 Å². The van der Waals surface area contributed by atoms with Crippen molar-refractivity contribution in [1.82, 2.24) is 4.90 Å². The molecule has 1 aromatic carbocycles. The quantitative estimate of drug-likeness (QED) is 0.756. The number of halogens is 1. The van der Waals surface area contributed by atoms with Crippen molar-refractivity contribution in [2.45, 2.75) is 56.1 Å². The smallest absolute Gasteiger partial charge is 0.242 e. The van der Waals surface area contributed by atoms with E-state index < -0.39 is 23.0 Å². The van der Waals surface area contributed by atoms with Crippen molar-refractivity contribution in [2.75, 3.05) is 12.3 Å². The molecule has 2 rings (SSSR count). The molecule has 2 N–H and O–H groups in total. The summed E-state index contributed by atoms with van der Waals surface area (Å²) in [7, 11) is 0. The Bertz CT molecular complexity index is 617. The van der Waals surface area contributed by atoms with Gasteiger partial charge in [0.05, 0.1) is 18.7 Å². The number of rotatable bonds is 7. The summed E-state index contributed by atoms with van der Waals surface area (Å²) in [5.41, 5.74) is 7.48. The van der Waals surface area contributed by atoms with Crippen molar-refractivity contribution in [1.29, 1.82) is 5.26 Å². The van der Waals surface area contributed by atoms with Crippen molar-refractivity contribution in [2.24, 2.45) is 5.73 Å². The zero-order valence-electron chi connectivity index (χ0n) is 14.8. The summed E-state index contributed by atoms with van der Waals surface area (Å²) in [5, 5.41) is 9.11. The Morgan fingerprint density at radius 2 is 2.16 bits per heavy atom. The third kappa shape index (κ3) is 5.20. The van der Waals surface area contributed by atoms with Crippen LogP contribution in [0.2, 0.25) is 0 Å². The SMILES string of the molecule is CC(C)(SCCCc1ccccc1)[C@H](N)C(=O)N1CC(F)C[C@H]1C#N. The first-order chi connectivity index (χ1) is 11.8. The van der Waals surface area contributed by atoms with Gasteiger partial charge in [0, 0.05) is 11.2 Å². The van der Waals surface area contributed by atoms with Crippen LogP contribution < -0.4 is 5.73 Å². The molecule has 136 valence electrons. The number of nitrogens with two attached hydrogens (primary N) is 1. The zero-order valence-corrected chi connectivity index (χ0v) is 15.6. The molecular formula is C19H26FN3OS. The Kier molecular flexibility index (Phi) is 6.86. The van der Waals surface area contributed by atoms with Crippen LogP contribution in [0.5, 0.6) is 0 Å². The second-order valence-corrected chi connectivity index (χ2v) is 8.74. The number of nitrogens with zero attached hydrogens (tertiary/aromatic N) is 2. The topological polar surface area (TPSA) is 70.1 Å². The largest absolute Gasteiger partial charge is 0.322 e. The predicted molar refractivity (Wildman–Crippen MR) is 99.9 cm³/mol. The van der Waals surface area contributed by atoms with Crippen molar-refractivity contribution in [3.8, 4) is 6.07 Å². The molecular weight excluding hydrogens is 337 g/mol. The standard InChI is InChI=1S/C19H26FN3OS/c1-19(2,25-10-6-9-14-7-4-3-5-8-14)17(22)18(24)23-13-15(20)11-16(23)12-21/h3-5,7-8,15-17H,6,9-11,13,22H2,1-2H3/t15?,16-,17+/m0/s1. The van der Waals surface area contributed by atoms with Crippen molar-refractivity contribution >= 4 is 17.7 Å². The average Bonchev–Trinajstić information content (AvgIpc) is 2.99. The van der Waals surface area contributed by atoms with Crippen molar-refractivity contribution < 1.29 is 9.18 Å². The highest BCUT2D eigenvalue weighted by Crippen LogP contribution is 2.31.